The number of nitrogens with one attached hydrogen (secondary N) is 1. The maximum absolute atomic E-state index is 13.6. The van der Waals surface area contributed by atoms with E-state index in [-0.39, 0.29) is 4.90 Å². The molecular weight excluding hydrogens is 498 g/mol. The first kappa shape index (κ1) is 23.3. The van der Waals surface area contributed by atoms with Gasteiger partial charge in [0, 0.05) is 28.5 Å². The second-order valence-corrected chi connectivity index (χ2v) is 11.1. The van der Waals surface area contributed by atoms with E-state index in [9.17, 15) is 27.1 Å². The van der Waals surface area contributed by atoms with Crippen LogP contribution in [0.25, 0.3) is 42.7 Å². The molecule has 0 amide bonds. The van der Waals surface area contributed by atoms with Gasteiger partial charge in [-0.2, -0.15) is 4.72 Å². The predicted molar refractivity (Wildman–Crippen MR) is 129 cm³/mol. The average Bonchev–Trinajstić information content (AvgIpc) is 3.37. The quantitative estimate of drug-likeness (QED) is 0.307. The first-order valence-corrected chi connectivity index (χ1v) is 12.8. The Kier molecular flexibility index (Phi) is 5.58. The number of halogens is 2. The summed E-state index contributed by atoms with van der Waals surface area (Å²) in [5.41, 5.74) is 1.88. The van der Waals surface area contributed by atoms with E-state index in [1.54, 1.807) is 32.0 Å². The number of benzene rings is 3. The second-order valence-electron chi connectivity index (χ2n) is 8.41. The third-order valence-electron chi connectivity index (χ3n) is 5.65. The van der Waals surface area contributed by atoms with Gasteiger partial charge in [0.15, 0.2) is 11.6 Å². The van der Waals surface area contributed by atoms with Gasteiger partial charge in [-0.25, -0.2) is 22.2 Å². The maximum Gasteiger partial charge on any atom is 0.322 e. The fourth-order valence-corrected chi connectivity index (χ4v) is 6.13. The predicted octanol–water partition coefficient (Wildman–Crippen LogP) is 5.53. The van der Waals surface area contributed by atoms with Gasteiger partial charge >= 0.3 is 5.97 Å². The first-order chi connectivity index (χ1) is 16.5. The number of aliphatic carboxylic acids is 1. The molecule has 0 saturated heterocycles. The van der Waals surface area contributed by atoms with E-state index >= 15 is 0 Å². The fraction of sp³-hybridized carbons (Fsp3) is 0.167. The van der Waals surface area contributed by atoms with Crippen molar-refractivity contribution in [2.75, 3.05) is 0 Å². The molecule has 0 unspecified atom stereocenters. The number of nitrogens with zero attached hydrogens (tertiary/aromatic N) is 1. The maximum atomic E-state index is 13.6. The van der Waals surface area contributed by atoms with Crippen molar-refractivity contribution < 1.29 is 31.5 Å². The Balaban J connectivity index is 1.55. The van der Waals surface area contributed by atoms with Crippen LogP contribution in [0.3, 0.4) is 0 Å². The van der Waals surface area contributed by atoms with E-state index in [2.05, 4.69) is 9.71 Å². The van der Waals surface area contributed by atoms with Gasteiger partial charge < -0.3 is 9.52 Å². The average molecular weight is 517 g/mol. The molecule has 0 fully saturated rings. The highest BCUT2D eigenvalue weighted by Gasteiger charge is 2.28. The Labute approximate surface area is 202 Å². The lowest BCUT2D eigenvalue weighted by Crippen LogP contribution is -2.44. The zero-order valence-electron chi connectivity index (χ0n) is 18.4. The van der Waals surface area contributed by atoms with Gasteiger partial charge in [-0.05, 0) is 42.3 Å². The number of carbonyl (C=O) groups is 1. The summed E-state index contributed by atoms with van der Waals surface area (Å²) in [7, 11) is -4.11. The summed E-state index contributed by atoms with van der Waals surface area (Å²) in [6.07, 6.45) is 0. The van der Waals surface area contributed by atoms with Crippen LogP contribution in [0.4, 0.5) is 8.78 Å². The molecule has 0 aliphatic rings. The molecule has 2 N–H and O–H groups in total. The van der Waals surface area contributed by atoms with E-state index in [1.807, 2.05) is 6.07 Å². The van der Waals surface area contributed by atoms with Crippen LogP contribution in [-0.2, 0) is 14.8 Å². The van der Waals surface area contributed by atoms with Crippen LogP contribution < -0.4 is 4.72 Å². The number of hydrogen-bond donors (Lipinski definition) is 2. The Hall–Kier alpha value is -3.41. The lowest BCUT2D eigenvalue weighted by molar-refractivity contribution is -0.140. The molecule has 2 aromatic heterocycles. The Bertz CT molecular complexity index is 1700. The normalized spacial score (nSPS) is 13.3. The van der Waals surface area contributed by atoms with Gasteiger partial charge in [0.1, 0.15) is 22.2 Å². The number of thiazole rings is 1. The topological polar surface area (TPSA) is 110 Å². The van der Waals surface area contributed by atoms with Crippen molar-refractivity contribution in [3.05, 3.63) is 60.2 Å². The third kappa shape index (κ3) is 4.15. The minimum Gasteiger partial charge on any atom is -0.480 e. The summed E-state index contributed by atoms with van der Waals surface area (Å²) < 4.78 is 61.3. The summed E-state index contributed by atoms with van der Waals surface area (Å²) in [6, 6.07) is 10.5. The molecule has 3 aromatic carbocycles. The van der Waals surface area contributed by atoms with E-state index in [0.29, 0.717) is 42.7 Å². The molecule has 0 aliphatic heterocycles. The molecule has 35 heavy (non-hydrogen) atoms. The zero-order chi connectivity index (χ0) is 25.1. The van der Waals surface area contributed by atoms with Crippen molar-refractivity contribution in [3.63, 3.8) is 0 Å². The van der Waals surface area contributed by atoms with Crippen LogP contribution >= 0.6 is 11.3 Å². The monoisotopic (exact) mass is 516 g/mol. The molecule has 0 bridgehead atoms. The fourth-order valence-electron chi connectivity index (χ4n) is 3.81. The van der Waals surface area contributed by atoms with Crippen molar-refractivity contribution in [2.24, 2.45) is 5.92 Å². The van der Waals surface area contributed by atoms with Crippen molar-refractivity contribution in [3.8, 4) is 10.6 Å². The number of rotatable bonds is 6. The number of carboxylic acids is 1. The van der Waals surface area contributed by atoms with Crippen LogP contribution in [0.15, 0.2) is 57.8 Å². The minimum absolute atomic E-state index is 0.119. The SMILES string of the molecule is CC(C)[C@H](NS(=O)(=O)c1ccc2c(c1)oc1ccc(-c3nc4cc(F)c(F)cc4s3)cc12)C(=O)O. The lowest BCUT2D eigenvalue weighted by atomic mass is 10.1. The van der Waals surface area contributed by atoms with E-state index in [4.69, 9.17) is 4.42 Å². The molecule has 0 radical (unpaired) electrons. The Morgan fingerprint density at radius 2 is 1.77 bits per heavy atom. The van der Waals surface area contributed by atoms with Gasteiger partial charge in [0.25, 0.3) is 0 Å². The Morgan fingerprint density at radius 3 is 2.49 bits per heavy atom. The summed E-state index contributed by atoms with van der Waals surface area (Å²) in [6.45, 7) is 3.22. The minimum atomic E-state index is -4.11. The van der Waals surface area contributed by atoms with Gasteiger partial charge in [-0.3, -0.25) is 4.79 Å². The van der Waals surface area contributed by atoms with Crippen molar-refractivity contribution in [1.82, 2.24) is 9.71 Å². The van der Waals surface area contributed by atoms with Crippen LogP contribution in [0.5, 0.6) is 0 Å². The first-order valence-electron chi connectivity index (χ1n) is 10.5. The van der Waals surface area contributed by atoms with E-state index < -0.39 is 39.6 Å². The summed E-state index contributed by atoms with van der Waals surface area (Å²) >= 11 is 1.22. The van der Waals surface area contributed by atoms with Crippen LogP contribution in [0, 0.1) is 17.6 Å². The largest absolute Gasteiger partial charge is 0.480 e. The number of hydrogen-bond acceptors (Lipinski definition) is 6. The van der Waals surface area contributed by atoms with Crippen LogP contribution in [0.2, 0.25) is 0 Å². The summed E-state index contributed by atoms with van der Waals surface area (Å²) in [5, 5.41) is 11.3. The second kappa shape index (κ2) is 8.36. The van der Waals surface area contributed by atoms with Crippen LogP contribution in [0.1, 0.15) is 13.8 Å². The molecular formula is C24H18F2N2O5S2. The molecule has 180 valence electrons. The molecule has 0 spiro atoms. The van der Waals surface area contributed by atoms with Crippen molar-refractivity contribution in [1.29, 1.82) is 0 Å². The smallest absolute Gasteiger partial charge is 0.322 e. The lowest BCUT2D eigenvalue weighted by Gasteiger charge is -2.17. The molecule has 5 aromatic rings. The Morgan fingerprint density at radius 1 is 1.03 bits per heavy atom. The molecule has 5 rings (SSSR count). The van der Waals surface area contributed by atoms with Crippen molar-refractivity contribution >= 4 is 59.5 Å². The zero-order valence-corrected chi connectivity index (χ0v) is 20.0. The highest BCUT2D eigenvalue weighted by molar-refractivity contribution is 7.89. The third-order valence-corrected chi connectivity index (χ3v) is 8.15. The molecule has 0 saturated carbocycles. The highest BCUT2D eigenvalue weighted by atomic mass is 32.2. The standard InChI is InChI=1S/C24H18F2N2O5S2/c1-11(2)22(24(29)30)28-35(31,32)13-4-5-14-15-7-12(3-6-19(15)33-20(14)8-13)23-27-18-9-16(25)17(26)10-21(18)34-23/h3-11,22,28H,1-2H3,(H,29,30)/t22-/m0/s1. The van der Waals surface area contributed by atoms with Crippen molar-refractivity contribution in [2.45, 2.75) is 24.8 Å². The number of carboxylic acid groups (broad SMARTS) is 1. The van der Waals surface area contributed by atoms with Gasteiger partial charge in [0.05, 0.1) is 15.1 Å². The molecule has 2 heterocycles. The van der Waals surface area contributed by atoms with E-state index in [0.717, 1.165) is 12.1 Å². The number of furan rings is 1. The molecule has 1 atom stereocenters. The number of fused-ring (bicyclic) bond motifs is 4. The molecule has 11 heteroatoms. The molecule has 0 aliphatic carbocycles. The molecule has 7 nitrogen and oxygen atoms in total. The van der Waals surface area contributed by atoms with Gasteiger partial charge in [-0.15, -0.1) is 11.3 Å². The number of sulfonamides is 1. The highest BCUT2D eigenvalue weighted by Crippen LogP contribution is 2.36. The summed E-state index contributed by atoms with van der Waals surface area (Å²) in [4.78, 5) is 15.7. The van der Waals surface area contributed by atoms with E-state index in [1.165, 1.54) is 23.5 Å². The van der Waals surface area contributed by atoms with Gasteiger partial charge in [0.2, 0.25) is 10.0 Å². The summed E-state index contributed by atoms with van der Waals surface area (Å²) in [5.74, 6) is -3.62. The number of aromatic nitrogens is 1. The van der Waals surface area contributed by atoms with Crippen LogP contribution in [-0.4, -0.2) is 30.5 Å². The van der Waals surface area contributed by atoms with Gasteiger partial charge in [-0.1, -0.05) is 13.8 Å².